The van der Waals surface area contributed by atoms with E-state index < -0.39 is 0 Å². The fourth-order valence-corrected chi connectivity index (χ4v) is 4.16. The van der Waals surface area contributed by atoms with Crippen LogP contribution in [-0.4, -0.2) is 49.8 Å². The predicted octanol–water partition coefficient (Wildman–Crippen LogP) is 3.61. The smallest absolute Gasteiger partial charge is 0.229 e. The Morgan fingerprint density at radius 2 is 2.04 bits per heavy atom. The Morgan fingerprint density at radius 1 is 1.23 bits per heavy atom. The van der Waals surface area contributed by atoms with Crippen molar-refractivity contribution in [3.05, 3.63) is 48.0 Å². The molecule has 2 aliphatic rings. The van der Waals surface area contributed by atoms with E-state index in [0.717, 1.165) is 38.6 Å². The van der Waals surface area contributed by atoms with Gasteiger partial charge in [-0.15, -0.1) is 0 Å². The molecular formula is C22H31NO3. The van der Waals surface area contributed by atoms with Gasteiger partial charge >= 0.3 is 0 Å². The highest BCUT2D eigenvalue weighted by Crippen LogP contribution is 2.37. The molecule has 0 saturated carbocycles. The third-order valence-electron chi connectivity index (χ3n) is 5.77. The van der Waals surface area contributed by atoms with Crippen molar-refractivity contribution in [2.24, 2.45) is 5.41 Å². The number of benzene rings is 1. The molecule has 1 aliphatic carbocycles. The maximum absolute atomic E-state index is 13.4. The van der Waals surface area contributed by atoms with Crippen LogP contribution in [0.4, 0.5) is 0 Å². The number of hydrogen-bond acceptors (Lipinski definition) is 3. The molecule has 0 spiro atoms. The zero-order valence-electron chi connectivity index (χ0n) is 16.0. The number of rotatable bonds is 7. The van der Waals surface area contributed by atoms with Crippen molar-refractivity contribution in [2.75, 3.05) is 26.9 Å². The standard InChI is InChI=1S/C22H31NO3/c1-22(12-7-4-8-13-22)21(24)23-14-11-20(26-16-15-25-2)19(23)17-18-9-5-3-6-10-18/h3-7,9-10,19-20H,8,11-17H2,1-2H3/t19-,20+,22?/m0/s1. The van der Waals surface area contributed by atoms with E-state index in [1.165, 1.54) is 5.56 Å². The number of nitrogens with zero attached hydrogens (tertiary/aromatic N) is 1. The number of carbonyl (C=O) groups is 1. The van der Waals surface area contributed by atoms with Gasteiger partial charge in [0.2, 0.25) is 5.91 Å². The average Bonchev–Trinajstić information content (AvgIpc) is 3.05. The minimum atomic E-state index is -0.273. The Labute approximate surface area is 157 Å². The highest BCUT2D eigenvalue weighted by molar-refractivity contribution is 5.83. The van der Waals surface area contributed by atoms with Crippen LogP contribution in [0, 0.1) is 5.41 Å². The SMILES string of the molecule is COCCO[C@@H]1CCN(C(=O)C2(C)CC=CCC2)[C@H]1Cc1ccccc1. The number of carbonyl (C=O) groups excluding carboxylic acids is 1. The van der Waals surface area contributed by atoms with Gasteiger partial charge in [-0.05, 0) is 37.7 Å². The number of likely N-dealkylation sites (tertiary alicyclic amines) is 1. The summed E-state index contributed by atoms with van der Waals surface area (Å²) in [6.45, 7) is 4.07. The zero-order valence-corrected chi connectivity index (χ0v) is 16.0. The summed E-state index contributed by atoms with van der Waals surface area (Å²) in [4.78, 5) is 15.5. The average molecular weight is 357 g/mol. The maximum Gasteiger partial charge on any atom is 0.229 e. The van der Waals surface area contributed by atoms with Gasteiger partial charge < -0.3 is 14.4 Å². The molecular weight excluding hydrogens is 326 g/mol. The summed E-state index contributed by atoms with van der Waals surface area (Å²) >= 11 is 0. The summed E-state index contributed by atoms with van der Waals surface area (Å²) in [5, 5.41) is 0. The van der Waals surface area contributed by atoms with E-state index in [2.05, 4.69) is 48.2 Å². The molecule has 1 fully saturated rings. The Bertz CT molecular complexity index is 615. The van der Waals surface area contributed by atoms with Crippen LogP contribution >= 0.6 is 0 Å². The largest absolute Gasteiger partial charge is 0.382 e. The normalized spacial score (nSPS) is 28.5. The molecule has 1 amide bonds. The second-order valence-corrected chi connectivity index (χ2v) is 7.72. The molecule has 1 heterocycles. The van der Waals surface area contributed by atoms with Crippen molar-refractivity contribution in [3.63, 3.8) is 0 Å². The van der Waals surface area contributed by atoms with Gasteiger partial charge in [0.05, 0.1) is 30.8 Å². The molecule has 1 aliphatic heterocycles. The fourth-order valence-electron chi connectivity index (χ4n) is 4.16. The quantitative estimate of drug-likeness (QED) is 0.553. The molecule has 0 N–H and O–H groups in total. The van der Waals surface area contributed by atoms with E-state index in [1.54, 1.807) is 7.11 Å². The lowest BCUT2D eigenvalue weighted by Gasteiger charge is -2.37. The van der Waals surface area contributed by atoms with Crippen LogP contribution in [0.1, 0.15) is 38.2 Å². The third kappa shape index (κ3) is 4.36. The first-order valence-corrected chi connectivity index (χ1v) is 9.74. The minimum absolute atomic E-state index is 0.0806. The first-order chi connectivity index (χ1) is 12.6. The van der Waals surface area contributed by atoms with Crippen LogP contribution in [0.3, 0.4) is 0 Å². The highest BCUT2D eigenvalue weighted by Gasteiger charge is 2.44. The van der Waals surface area contributed by atoms with E-state index in [0.29, 0.717) is 19.1 Å². The molecule has 4 nitrogen and oxygen atoms in total. The molecule has 0 aromatic heterocycles. The van der Waals surface area contributed by atoms with Gasteiger partial charge in [-0.25, -0.2) is 0 Å². The number of hydrogen-bond donors (Lipinski definition) is 0. The van der Waals surface area contributed by atoms with E-state index in [1.807, 2.05) is 6.07 Å². The third-order valence-corrected chi connectivity index (χ3v) is 5.77. The topological polar surface area (TPSA) is 38.8 Å². The van der Waals surface area contributed by atoms with Crippen molar-refractivity contribution in [1.82, 2.24) is 4.90 Å². The number of amides is 1. The molecule has 1 aromatic carbocycles. The molecule has 1 saturated heterocycles. The van der Waals surface area contributed by atoms with E-state index in [4.69, 9.17) is 9.47 Å². The van der Waals surface area contributed by atoms with Crippen LogP contribution < -0.4 is 0 Å². The van der Waals surface area contributed by atoms with Gasteiger partial charge in [0, 0.05) is 13.7 Å². The molecule has 0 bridgehead atoms. The monoisotopic (exact) mass is 357 g/mol. The molecule has 4 heteroatoms. The van der Waals surface area contributed by atoms with Gasteiger partial charge in [-0.2, -0.15) is 0 Å². The van der Waals surface area contributed by atoms with E-state index in [-0.39, 0.29) is 17.6 Å². The Morgan fingerprint density at radius 3 is 2.73 bits per heavy atom. The molecule has 1 aromatic rings. The molecule has 3 rings (SSSR count). The Hall–Kier alpha value is -1.65. The second kappa shape index (κ2) is 8.83. The summed E-state index contributed by atoms with van der Waals surface area (Å²) in [5.41, 5.74) is 0.983. The van der Waals surface area contributed by atoms with Crippen molar-refractivity contribution in [1.29, 1.82) is 0 Å². The van der Waals surface area contributed by atoms with Gasteiger partial charge in [0.25, 0.3) is 0 Å². The van der Waals surface area contributed by atoms with E-state index in [9.17, 15) is 4.79 Å². The Balaban J connectivity index is 1.76. The van der Waals surface area contributed by atoms with Crippen LogP contribution in [0.5, 0.6) is 0 Å². The van der Waals surface area contributed by atoms with Crippen molar-refractivity contribution >= 4 is 5.91 Å². The molecule has 26 heavy (non-hydrogen) atoms. The van der Waals surface area contributed by atoms with E-state index >= 15 is 0 Å². The summed E-state index contributed by atoms with van der Waals surface area (Å²) in [6.07, 6.45) is 8.95. The lowest BCUT2D eigenvalue weighted by molar-refractivity contribution is -0.144. The first kappa shape index (κ1) is 19.1. The van der Waals surface area contributed by atoms with Gasteiger partial charge in [-0.3, -0.25) is 4.79 Å². The first-order valence-electron chi connectivity index (χ1n) is 9.74. The predicted molar refractivity (Wildman–Crippen MR) is 103 cm³/mol. The summed E-state index contributed by atoms with van der Waals surface area (Å²) < 4.78 is 11.2. The highest BCUT2D eigenvalue weighted by atomic mass is 16.5. The lowest BCUT2D eigenvalue weighted by atomic mass is 9.77. The van der Waals surface area contributed by atoms with Crippen molar-refractivity contribution in [3.8, 4) is 0 Å². The summed E-state index contributed by atoms with van der Waals surface area (Å²) in [6, 6.07) is 10.5. The lowest BCUT2D eigenvalue weighted by Crippen LogP contribution is -2.48. The second-order valence-electron chi connectivity index (χ2n) is 7.72. The van der Waals surface area contributed by atoms with Crippen LogP contribution in [0.15, 0.2) is 42.5 Å². The molecule has 3 atom stereocenters. The molecule has 1 unspecified atom stereocenters. The van der Waals surface area contributed by atoms with Crippen LogP contribution in [-0.2, 0) is 20.7 Å². The Kier molecular flexibility index (Phi) is 6.49. The van der Waals surface area contributed by atoms with Crippen LogP contribution in [0.25, 0.3) is 0 Å². The van der Waals surface area contributed by atoms with Gasteiger partial charge in [0.15, 0.2) is 0 Å². The minimum Gasteiger partial charge on any atom is -0.382 e. The fraction of sp³-hybridized carbons (Fsp3) is 0.591. The van der Waals surface area contributed by atoms with Gasteiger partial charge in [-0.1, -0.05) is 49.4 Å². The zero-order chi connectivity index (χ0) is 18.4. The summed E-state index contributed by atoms with van der Waals surface area (Å²) in [7, 11) is 1.69. The van der Waals surface area contributed by atoms with Crippen molar-refractivity contribution in [2.45, 2.75) is 51.2 Å². The number of methoxy groups -OCH3 is 1. The number of allylic oxidation sites excluding steroid dienone is 2. The van der Waals surface area contributed by atoms with Gasteiger partial charge in [0.1, 0.15) is 0 Å². The molecule has 0 radical (unpaired) electrons. The van der Waals surface area contributed by atoms with Crippen LogP contribution in [0.2, 0.25) is 0 Å². The summed E-state index contributed by atoms with van der Waals surface area (Å²) in [5.74, 6) is 0.292. The maximum atomic E-state index is 13.4. The molecule has 142 valence electrons. The van der Waals surface area contributed by atoms with Crippen molar-refractivity contribution < 1.29 is 14.3 Å². The number of ether oxygens (including phenoxy) is 2.